The molecule has 0 aliphatic heterocycles. The second-order valence-corrected chi connectivity index (χ2v) is 4.16. The monoisotopic (exact) mass is 248 g/mol. The minimum atomic E-state index is -0.825. The highest BCUT2D eigenvalue weighted by Gasteiger charge is 2.10. The zero-order valence-corrected chi connectivity index (χ0v) is 10.0. The molecule has 2 aromatic rings. The number of hydrogen-bond acceptors (Lipinski definition) is 2. The molecule has 0 unspecified atom stereocenters. The molecule has 2 N–H and O–H groups in total. The molecule has 0 amide bonds. The number of rotatable bonds is 3. The van der Waals surface area contributed by atoms with Crippen molar-refractivity contribution >= 4 is 11.4 Å². The van der Waals surface area contributed by atoms with Gasteiger partial charge in [0.25, 0.3) is 0 Å². The Kier molecular flexibility index (Phi) is 3.46. The molecule has 2 nitrogen and oxygen atoms in total. The van der Waals surface area contributed by atoms with E-state index >= 15 is 0 Å². The van der Waals surface area contributed by atoms with Crippen molar-refractivity contribution in [1.82, 2.24) is 0 Å². The van der Waals surface area contributed by atoms with Gasteiger partial charge in [-0.3, -0.25) is 0 Å². The maximum atomic E-state index is 13.5. The summed E-state index contributed by atoms with van der Waals surface area (Å²) < 4.78 is 26.6. The van der Waals surface area contributed by atoms with Crippen molar-refractivity contribution in [1.29, 1.82) is 0 Å². The van der Waals surface area contributed by atoms with E-state index in [0.717, 1.165) is 11.8 Å². The number of halogens is 2. The van der Waals surface area contributed by atoms with Crippen LogP contribution in [-0.2, 0) is 6.54 Å². The van der Waals surface area contributed by atoms with E-state index in [9.17, 15) is 8.78 Å². The van der Waals surface area contributed by atoms with E-state index in [1.54, 1.807) is 25.2 Å². The van der Waals surface area contributed by atoms with Crippen LogP contribution in [0, 0.1) is 11.6 Å². The number of hydrogen-bond donors (Lipinski definition) is 1. The van der Waals surface area contributed by atoms with Crippen molar-refractivity contribution in [3.63, 3.8) is 0 Å². The Bertz CT molecular complexity index is 555. The molecule has 94 valence electrons. The zero-order valence-electron chi connectivity index (χ0n) is 10.0. The van der Waals surface area contributed by atoms with Gasteiger partial charge in [0.1, 0.15) is 0 Å². The molecule has 0 spiro atoms. The van der Waals surface area contributed by atoms with Gasteiger partial charge in [-0.15, -0.1) is 0 Å². The summed E-state index contributed by atoms with van der Waals surface area (Å²) in [6.07, 6.45) is 0. The summed E-state index contributed by atoms with van der Waals surface area (Å²) in [4.78, 5) is 1.81. The number of nitrogens with two attached hydrogens (primary N) is 1. The van der Waals surface area contributed by atoms with E-state index in [-0.39, 0.29) is 6.54 Å². The highest BCUT2D eigenvalue weighted by Crippen LogP contribution is 2.20. The Balaban J connectivity index is 2.21. The minimum Gasteiger partial charge on any atom is -0.399 e. The largest absolute Gasteiger partial charge is 0.399 e. The second kappa shape index (κ2) is 5.04. The van der Waals surface area contributed by atoms with Crippen LogP contribution in [0.25, 0.3) is 0 Å². The summed E-state index contributed by atoms with van der Waals surface area (Å²) in [5, 5.41) is 0. The fraction of sp³-hybridized carbons (Fsp3) is 0.143. The van der Waals surface area contributed by atoms with Crippen LogP contribution in [0.15, 0.2) is 42.5 Å². The molecule has 0 aliphatic carbocycles. The molecule has 0 atom stereocenters. The lowest BCUT2D eigenvalue weighted by Crippen LogP contribution is -2.17. The van der Waals surface area contributed by atoms with Gasteiger partial charge in [0.15, 0.2) is 11.6 Å². The summed E-state index contributed by atoms with van der Waals surface area (Å²) in [5.74, 6) is -1.62. The predicted octanol–water partition coefficient (Wildman–Crippen LogP) is 3.18. The van der Waals surface area contributed by atoms with Gasteiger partial charge in [-0.2, -0.15) is 0 Å². The smallest absolute Gasteiger partial charge is 0.163 e. The van der Waals surface area contributed by atoms with Crippen LogP contribution < -0.4 is 10.6 Å². The fourth-order valence-corrected chi connectivity index (χ4v) is 1.78. The topological polar surface area (TPSA) is 29.3 Å². The average Bonchev–Trinajstić information content (AvgIpc) is 2.35. The van der Waals surface area contributed by atoms with Crippen molar-refractivity contribution in [3.05, 3.63) is 59.7 Å². The number of anilines is 2. The van der Waals surface area contributed by atoms with E-state index < -0.39 is 11.6 Å². The Morgan fingerprint density at radius 2 is 1.83 bits per heavy atom. The molecule has 2 aromatic carbocycles. The molecule has 0 saturated heterocycles. The molecule has 0 aliphatic rings. The van der Waals surface area contributed by atoms with E-state index in [1.165, 1.54) is 6.07 Å². The number of benzene rings is 2. The molecule has 0 aromatic heterocycles. The minimum absolute atomic E-state index is 0.285. The highest BCUT2D eigenvalue weighted by molar-refractivity contribution is 5.55. The summed E-state index contributed by atoms with van der Waals surface area (Å²) in [6.45, 7) is 0.285. The predicted molar refractivity (Wildman–Crippen MR) is 69.3 cm³/mol. The highest BCUT2D eigenvalue weighted by atomic mass is 19.2. The van der Waals surface area contributed by atoms with Crippen LogP contribution in [0.3, 0.4) is 0 Å². The Labute approximate surface area is 105 Å². The van der Waals surface area contributed by atoms with Crippen molar-refractivity contribution < 1.29 is 8.78 Å². The van der Waals surface area contributed by atoms with Crippen LogP contribution in [0.5, 0.6) is 0 Å². The molecule has 0 fully saturated rings. The SMILES string of the molecule is CN(Cc1cccc(F)c1F)c1cccc(N)c1. The van der Waals surface area contributed by atoms with Gasteiger partial charge < -0.3 is 10.6 Å². The first-order chi connectivity index (χ1) is 8.58. The van der Waals surface area contributed by atoms with Gasteiger partial charge in [0, 0.05) is 30.5 Å². The number of nitrogen functional groups attached to an aromatic ring is 1. The molecule has 0 bridgehead atoms. The first-order valence-electron chi connectivity index (χ1n) is 5.57. The Hall–Kier alpha value is -2.10. The lowest BCUT2D eigenvalue weighted by atomic mass is 10.2. The summed E-state index contributed by atoms with van der Waals surface area (Å²) in [7, 11) is 1.80. The molecule has 0 heterocycles. The molecule has 0 saturated carbocycles. The molecule has 2 rings (SSSR count). The van der Waals surface area contributed by atoms with Gasteiger partial charge in [0.2, 0.25) is 0 Å². The third-order valence-corrected chi connectivity index (χ3v) is 2.75. The third-order valence-electron chi connectivity index (χ3n) is 2.75. The average molecular weight is 248 g/mol. The fourth-order valence-electron chi connectivity index (χ4n) is 1.78. The Morgan fingerprint density at radius 1 is 1.11 bits per heavy atom. The standard InChI is InChI=1S/C14H14F2N2/c1-18(12-6-3-5-11(17)8-12)9-10-4-2-7-13(15)14(10)16/h2-8H,9,17H2,1H3. The van der Waals surface area contributed by atoms with Crippen LogP contribution in [0.4, 0.5) is 20.2 Å². The van der Waals surface area contributed by atoms with Crippen LogP contribution >= 0.6 is 0 Å². The second-order valence-electron chi connectivity index (χ2n) is 4.16. The normalized spacial score (nSPS) is 10.4. The van der Waals surface area contributed by atoms with Gasteiger partial charge in [-0.1, -0.05) is 18.2 Å². The van der Waals surface area contributed by atoms with Gasteiger partial charge in [-0.05, 0) is 24.3 Å². The van der Waals surface area contributed by atoms with Gasteiger partial charge in [0.05, 0.1) is 0 Å². The zero-order chi connectivity index (χ0) is 13.1. The Morgan fingerprint density at radius 3 is 2.56 bits per heavy atom. The maximum Gasteiger partial charge on any atom is 0.163 e. The molecule has 4 heteroatoms. The van der Waals surface area contributed by atoms with Crippen LogP contribution in [-0.4, -0.2) is 7.05 Å². The third kappa shape index (κ3) is 2.59. The van der Waals surface area contributed by atoms with Gasteiger partial charge >= 0.3 is 0 Å². The van der Waals surface area contributed by atoms with Crippen molar-refractivity contribution in [2.75, 3.05) is 17.7 Å². The van der Waals surface area contributed by atoms with E-state index in [4.69, 9.17) is 5.73 Å². The lowest BCUT2D eigenvalue weighted by Gasteiger charge is -2.20. The van der Waals surface area contributed by atoms with Crippen molar-refractivity contribution in [3.8, 4) is 0 Å². The summed E-state index contributed by atoms with van der Waals surface area (Å²) in [5.41, 5.74) is 7.50. The van der Waals surface area contributed by atoms with E-state index in [0.29, 0.717) is 11.3 Å². The lowest BCUT2D eigenvalue weighted by molar-refractivity contribution is 0.498. The van der Waals surface area contributed by atoms with Crippen molar-refractivity contribution in [2.24, 2.45) is 0 Å². The molecule has 0 radical (unpaired) electrons. The van der Waals surface area contributed by atoms with Crippen molar-refractivity contribution in [2.45, 2.75) is 6.54 Å². The first-order valence-corrected chi connectivity index (χ1v) is 5.57. The van der Waals surface area contributed by atoms with Gasteiger partial charge in [-0.25, -0.2) is 8.78 Å². The number of nitrogens with zero attached hydrogens (tertiary/aromatic N) is 1. The molecular weight excluding hydrogens is 234 g/mol. The van der Waals surface area contributed by atoms with E-state index in [1.807, 2.05) is 17.0 Å². The molecule has 18 heavy (non-hydrogen) atoms. The molecular formula is C14H14F2N2. The maximum absolute atomic E-state index is 13.5. The van der Waals surface area contributed by atoms with Crippen LogP contribution in [0.1, 0.15) is 5.56 Å². The van der Waals surface area contributed by atoms with Crippen LogP contribution in [0.2, 0.25) is 0 Å². The quantitative estimate of drug-likeness (QED) is 0.845. The van der Waals surface area contributed by atoms with E-state index in [2.05, 4.69) is 0 Å². The first kappa shape index (κ1) is 12.4. The summed E-state index contributed by atoms with van der Waals surface area (Å²) in [6, 6.07) is 11.4. The summed E-state index contributed by atoms with van der Waals surface area (Å²) >= 11 is 0.